The number of halogens is 1. The number of likely N-dealkylation sites (tertiary alicyclic amines) is 1. The molecule has 1 N–H and O–H groups in total. The molecular formula is C26H30ClN5O5. The summed E-state index contributed by atoms with van der Waals surface area (Å²) in [5.74, 6) is -0.689. The molecule has 2 aromatic carbocycles. The Balaban J connectivity index is 1.54. The third-order valence-electron chi connectivity index (χ3n) is 7.20. The Morgan fingerprint density at radius 2 is 1.84 bits per heavy atom. The number of anilines is 1. The number of carbonyl (C=O) groups is 3. The smallest absolute Gasteiger partial charge is 0.288 e. The molecule has 10 nitrogen and oxygen atoms in total. The van der Waals surface area contributed by atoms with E-state index in [9.17, 15) is 24.5 Å². The van der Waals surface area contributed by atoms with Gasteiger partial charge in [0.2, 0.25) is 5.91 Å². The summed E-state index contributed by atoms with van der Waals surface area (Å²) in [5, 5.41) is 14.1. The van der Waals surface area contributed by atoms with Crippen LogP contribution < -0.4 is 10.2 Å². The summed E-state index contributed by atoms with van der Waals surface area (Å²) in [4.78, 5) is 55.4. The molecule has 37 heavy (non-hydrogen) atoms. The van der Waals surface area contributed by atoms with E-state index in [1.165, 1.54) is 18.2 Å². The Labute approximate surface area is 220 Å². The van der Waals surface area contributed by atoms with Crippen LogP contribution in [0.25, 0.3) is 0 Å². The first kappa shape index (κ1) is 26.4. The van der Waals surface area contributed by atoms with Crippen LogP contribution >= 0.6 is 11.6 Å². The van der Waals surface area contributed by atoms with Gasteiger partial charge in [-0.15, -0.1) is 0 Å². The molecule has 2 saturated heterocycles. The number of nitro benzene ring substituents is 1. The lowest BCUT2D eigenvalue weighted by atomic mass is 9.85. The molecule has 0 radical (unpaired) electrons. The Kier molecular flexibility index (Phi) is 7.68. The highest BCUT2D eigenvalue weighted by molar-refractivity contribution is 6.32. The van der Waals surface area contributed by atoms with Crippen LogP contribution in [0.15, 0.2) is 48.5 Å². The van der Waals surface area contributed by atoms with Gasteiger partial charge < -0.3 is 20.0 Å². The molecule has 0 aliphatic carbocycles. The summed E-state index contributed by atoms with van der Waals surface area (Å²) in [6.45, 7) is 4.72. The summed E-state index contributed by atoms with van der Waals surface area (Å²) in [7, 11) is 0. The molecule has 0 bridgehead atoms. The van der Waals surface area contributed by atoms with Crippen molar-refractivity contribution in [2.75, 3.05) is 31.2 Å². The van der Waals surface area contributed by atoms with E-state index < -0.39 is 10.5 Å². The van der Waals surface area contributed by atoms with Crippen molar-refractivity contribution in [2.24, 2.45) is 0 Å². The van der Waals surface area contributed by atoms with Crippen LogP contribution in [0.2, 0.25) is 5.02 Å². The SMILES string of the molecule is CCC(C)NC(=O)CN1CN(c2ccccc2)C2(CCN(C(=O)c3ccc(Cl)c([N+](=O)[O-])c3)CC2)C1=O. The van der Waals surface area contributed by atoms with Gasteiger partial charge in [0, 0.05) is 36.4 Å². The number of hydrogen-bond donors (Lipinski definition) is 1. The topological polar surface area (TPSA) is 116 Å². The molecule has 3 amide bonds. The molecule has 11 heteroatoms. The average molecular weight is 528 g/mol. The fourth-order valence-electron chi connectivity index (χ4n) is 4.97. The molecule has 1 spiro atoms. The van der Waals surface area contributed by atoms with Crippen LogP contribution in [0.3, 0.4) is 0 Å². The monoisotopic (exact) mass is 527 g/mol. The lowest BCUT2D eigenvalue weighted by Crippen LogP contribution is -2.57. The number of hydrogen-bond acceptors (Lipinski definition) is 6. The first-order chi connectivity index (χ1) is 17.7. The number of amides is 3. The lowest BCUT2D eigenvalue weighted by molar-refractivity contribution is -0.384. The van der Waals surface area contributed by atoms with Crippen molar-refractivity contribution in [3.63, 3.8) is 0 Å². The second kappa shape index (κ2) is 10.8. The number of piperidine rings is 1. The van der Waals surface area contributed by atoms with Crippen molar-refractivity contribution in [1.29, 1.82) is 0 Å². The predicted octanol–water partition coefficient (Wildman–Crippen LogP) is 3.44. The number of nitro groups is 1. The molecule has 2 aliphatic heterocycles. The number of nitrogens with zero attached hydrogens (tertiary/aromatic N) is 4. The second-order valence-electron chi connectivity index (χ2n) is 9.53. The van der Waals surface area contributed by atoms with Crippen LogP contribution in [0, 0.1) is 10.1 Å². The third-order valence-corrected chi connectivity index (χ3v) is 7.52. The molecule has 2 fully saturated rings. The molecule has 1 unspecified atom stereocenters. The summed E-state index contributed by atoms with van der Waals surface area (Å²) in [5.41, 5.74) is -0.170. The van der Waals surface area contributed by atoms with E-state index in [1.54, 1.807) is 9.80 Å². The van der Waals surface area contributed by atoms with Crippen LogP contribution in [-0.2, 0) is 9.59 Å². The first-order valence-electron chi connectivity index (χ1n) is 12.3. The van der Waals surface area contributed by atoms with E-state index in [1.807, 2.05) is 49.1 Å². The van der Waals surface area contributed by atoms with Gasteiger partial charge in [-0.1, -0.05) is 36.7 Å². The molecule has 0 aromatic heterocycles. The largest absolute Gasteiger partial charge is 0.352 e. The summed E-state index contributed by atoms with van der Waals surface area (Å²) in [6, 6.07) is 13.6. The number of benzene rings is 2. The van der Waals surface area contributed by atoms with E-state index in [2.05, 4.69) is 5.32 Å². The third kappa shape index (κ3) is 5.24. The van der Waals surface area contributed by atoms with E-state index >= 15 is 0 Å². The Morgan fingerprint density at radius 1 is 1.16 bits per heavy atom. The number of carbonyl (C=O) groups excluding carboxylic acids is 3. The van der Waals surface area contributed by atoms with Gasteiger partial charge in [-0.05, 0) is 50.5 Å². The van der Waals surface area contributed by atoms with Gasteiger partial charge in [-0.2, -0.15) is 0 Å². The zero-order valence-corrected chi connectivity index (χ0v) is 21.6. The molecule has 1 atom stereocenters. The fourth-order valence-corrected chi connectivity index (χ4v) is 5.15. The zero-order valence-electron chi connectivity index (χ0n) is 20.9. The van der Waals surface area contributed by atoms with Gasteiger partial charge in [-0.3, -0.25) is 24.5 Å². The van der Waals surface area contributed by atoms with Crippen molar-refractivity contribution >= 4 is 40.7 Å². The lowest BCUT2D eigenvalue weighted by Gasteiger charge is -2.43. The van der Waals surface area contributed by atoms with Crippen LogP contribution in [0.5, 0.6) is 0 Å². The maximum atomic E-state index is 13.8. The first-order valence-corrected chi connectivity index (χ1v) is 12.7. The number of para-hydroxylation sites is 1. The maximum absolute atomic E-state index is 13.8. The zero-order chi connectivity index (χ0) is 26.7. The van der Waals surface area contributed by atoms with Gasteiger partial charge in [0.05, 0.1) is 11.6 Å². The minimum atomic E-state index is -0.888. The van der Waals surface area contributed by atoms with Crippen LogP contribution in [0.1, 0.15) is 43.5 Å². The predicted molar refractivity (Wildman–Crippen MR) is 139 cm³/mol. The highest BCUT2D eigenvalue weighted by Gasteiger charge is 2.54. The van der Waals surface area contributed by atoms with Gasteiger partial charge in [0.25, 0.3) is 17.5 Å². The van der Waals surface area contributed by atoms with Gasteiger partial charge in [0.15, 0.2) is 0 Å². The molecule has 0 saturated carbocycles. The number of rotatable bonds is 7. The molecule has 196 valence electrons. The van der Waals surface area contributed by atoms with E-state index in [-0.39, 0.29) is 66.3 Å². The normalized spacial score (nSPS) is 17.7. The van der Waals surface area contributed by atoms with Gasteiger partial charge in [0.1, 0.15) is 17.1 Å². The van der Waals surface area contributed by atoms with E-state index in [0.29, 0.717) is 12.8 Å². The number of nitrogens with one attached hydrogen (secondary N) is 1. The minimum absolute atomic E-state index is 0.0161. The summed E-state index contributed by atoms with van der Waals surface area (Å²) >= 11 is 5.90. The van der Waals surface area contributed by atoms with Crippen molar-refractivity contribution in [2.45, 2.75) is 44.7 Å². The Hall–Kier alpha value is -3.66. The van der Waals surface area contributed by atoms with Crippen LogP contribution in [0.4, 0.5) is 11.4 Å². The second-order valence-corrected chi connectivity index (χ2v) is 9.94. The van der Waals surface area contributed by atoms with Gasteiger partial charge >= 0.3 is 0 Å². The Morgan fingerprint density at radius 3 is 2.46 bits per heavy atom. The van der Waals surface area contributed by atoms with E-state index in [4.69, 9.17) is 11.6 Å². The maximum Gasteiger partial charge on any atom is 0.288 e. The molecule has 4 rings (SSSR count). The molecule has 2 aliphatic rings. The quantitative estimate of drug-likeness (QED) is 0.435. The summed E-state index contributed by atoms with van der Waals surface area (Å²) in [6.07, 6.45) is 1.53. The highest BCUT2D eigenvalue weighted by Crippen LogP contribution is 2.40. The van der Waals surface area contributed by atoms with Crippen LogP contribution in [-0.4, -0.2) is 70.3 Å². The van der Waals surface area contributed by atoms with E-state index in [0.717, 1.165) is 12.1 Å². The fraction of sp³-hybridized carbons (Fsp3) is 0.423. The summed E-state index contributed by atoms with van der Waals surface area (Å²) < 4.78 is 0. The molecule has 2 heterocycles. The molecule has 2 aromatic rings. The Bertz CT molecular complexity index is 1200. The van der Waals surface area contributed by atoms with Crippen molar-refractivity contribution < 1.29 is 19.3 Å². The minimum Gasteiger partial charge on any atom is -0.352 e. The van der Waals surface area contributed by atoms with Crippen molar-refractivity contribution in [3.8, 4) is 0 Å². The van der Waals surface area contributed by atoms with Crippen molar-refractivity contribution in [1.82, 2.24) is 15.1 Å². The average Bonchev–Trinajstić information content (AvgIpc) is 3.15. The van der Waals surface area contributed by atoms with Crippen molar-refractivity contribution in [3.05, 3.63) is 69.2 Å². The molecular weight excluding hydrogens is 498 g/mol. The highest BCUT2D eigenvalue weighted by atomic mass is 35.5. The standard InChI is InChI=1S/C26H30ClN5O5/c1-3-18(2)28-23(33)16-30-17-31(20-7-5-4-6-8-20)26(25(30)35)11-13-29(14-12-26)24(34)19-9-10-21(27)22(15-19)32(36)37/h4-10,15,18H,3,11-14,16-17H2,1-2H3,(H,28,33). The van der Waals surface area contributed by atoms with Gasteiger partial charge in [-0.25, -0.2) is 0 Å².